The van der Waals surface area contributed by atoms with Crippen LogP contribution in [0.2, 0.25) is 0 Å². The number of nitrogens with one attached hydrogen (secondary N) is 1. The van der Waals surface area contributed by atoms with Gasteiger partial charge in [-0.3, -0.25) is 0 Å². The molecule has 3 aromatic rings. The van der Waals surface area contributed by atoms with Crippen LogP contribution in [0.3, 0.4) is 0 Å². The zero-order chi connectivity index (χ0) is 21.8. The van der Waals surface area contributed by atoms with E-state index in [9.17, 15) is 8.78 Å². The molecular formula is C23H27F2N5O. The monoisotopic (exact) mass is 427 g/mol. The van der Waals surface area contributed by atoms with Crippen molar-refractivity contribution in [2.24, 2.45) is 5.92 Å². The van der Waals surface area contributed by atoms with E-state index in [2.05, 4.69) is 32.4 Å². The average Bonchev–Trinajstić information content (AvgIpc) is 3.20. The highest BCUT2D eigenvalue weighted by molar-refractivity contribution is 5.64. The van der Waals surface area contributed by atoms with Gasteiger partial charge in [-0.25, -0.2) is 13.5 Å². The van der Waals surface area contributed by atoms with Gasteiger partial charge in [-0.1, -0.05) is 0 Å². The Morgan fingerprint density at radius 2 is 1.77 bits per heavy atom. The van der Waals surface area contributed by atoms with Gasteiger partial charge in [0.1, 0.15) is 18.0 Å². The third-order valence-corrected chi connectivity index (χ3v) is 5.67. The molecule has 1 aromatic heterocycles. The number of aryl methyl sites for hydroxylation is 1. The maximum atomic E-state index is 13.5. The van der Waals surface area contributed by atoms with Gasteiger partial charge in [-0.2, -0.15) is 4.98 Å². The lowest BCUT2D eigenvalue weighted by molar-refractivity contribution is 0.261. The van der Waals surface area contributed by atoms with E-state index in [4.69, 9.17) is 5.11 Å². The Morgan fingerprint density at radius 3 is 2.48 bits per heavy atom. The van der Waals surface area contributed by atoms with Crippen molar-refractivity contribution in [1.29, 1.82) is 0 Å². The number of aliphatic hydroxyl groups excluding tert-OH is 1. The number of benzene rings is 2. The molecular weight excluding hydrogens is 400 g/mol. The Bertz CT molecular complexity index is 1010. The van der Waals surface area contributed by atoms with Gasteiger partial charge in [0.05, 0.1) is 5.69 Å². The lowest BCUT2D eigenvalue weighted by Gasteiger charge is -2.34. The number of anilines is 3. The first-order valence-corrected chi connectivity index (χ1v) is 10.6. The summed E-state index contributed by atoms with van der Waals surface area (Å²) in [4.78, 5) is 6.60. The predicted molar refractivity (Wildman–Crippen MR) is 117 cm³/mol. The summed E-state index contributed by atoms with van der Waals surface area (Å²) in [5.41, 5.74) is 3.40. The summed E-state index contributed by atoms with van der Waals surface area (Å²) >= 11 is 0. The molecule has 2 aromatic carbocycles. The van der Waals surface area contributed by atoms with Crippen molar-refractivity contribution in [1.82, 2.24) is 14.8 Å². The predicted octanol–water partition coefficient (Wildman–Crippen LogP) is 4.59. The summed E-state index contributed by atoms with van der Waals surface area (Å²) in [6.45, 7) is 4.31. The minimum Gasteiger partial charge on any atom is -0.396 e. The van der Waals surface area contributed by atoms with Crippen LogP contribution in [0, 0.1) is 24.5 Å². The molecule has 1 aliphatic heterocycles. The molecule has 8 heteroatoms. The van der Waals surface area contributed by atoms with Crippen molar-refractivity contribution in [3.05, 3.63) is 59.9 Å². The van der Waals surface area contributed by atoms with Gasteiger partial charge in [0.15, 0.2) is 0 Å². The summed E-state index contributed by atoms with van der Waals surface area (Å²) in [7, 11) is 0. The van der Waals surface area contributed by atoms with Crippen molar-refractivity contribution in [3.63, 3.8) is 0 Å². The molecule has 0 aliphatic carbocycles. The van der Waals surface area contributed by atoms with E-state index in [1.54, 1.807) is 0 Å². The van der Waals surface area contributed by atoms with E-state index in [0.29, 0.717) is 11.9 Å². The number of hydrogen-bond donors (Lipinski definition) is 2. The highest BCUT2D eigenvalue weighted by atomic mass is 19.1. The lowest BCUT2D eigenvalue weighted by Crippen LogP contribution is -2.33. The average molecular weight is 427 g/mol. The van der Waals surface area contributed by atoms with Gasteiger partial charge in [0, 0.05) is 37.1 Å². The Labute approximate surface area is 180 Å². The number of rotatable bonds is 7. The molecule has 4 rings (SSSR count). The molecule has 0 spiro atoms. The minimum absolute atomic E-state index is 0.269. The molecule has 0 unspecified atom stereocenters. The summed E-state index contributed by atoms with van der Waals surface area (Å²) in [5.74, 6) is -0.289. The lowest BCUT2D eigenvalue weighted by atomic mass is 9.92. The van der Waals surface area contributed by atoms with Crippen LogP contribution in [-0.4, -0.2) is 39.6 Å². The van der Waals surface area contributed by atoms with E-state index in [1.165, 1.54) is 23.1 Å². The quantitative estimate of drug-likeness (QED) is 0.578. The number of halogens is 2. The molecule has 1 saturated heterocycles. The van der Waals surface area contributed by atoms with Gasteiger partial charge in [-0.05, 0) is 74.4 Å². The molecule has 1 aliphatic rings. The topological polar surface area (TPSA) is 66.2 Å². The first-order chi connectivity index (χ1) is 15.0. The van der Waals surface area contributed by atoms with Crippen LogP contribution >= 0.6 is 0 Å². The van der Waals surface area contributed by atoms with Gasteiger partial charge in [0.2, 0.25) is 5.95 Å². The molecule has 2 N–H and O–H groups in total. The molecule has 0 amide bonds. The summed E-state index contributed by atoms with van der Waals surface area (Å²) in [5, 5.41) is 16.5. The number of hydrogen-bond acceptors (Lipinski definition) is 5. The second-order valence-corrected chi connectivity index (χ2v) is 8.12. The SMILES string of the molecule is Cc1cc(Nc2ncn(-c3cc(F)cc(F)c3)n2)cc(N2CCC(CCCO)CC2)c1. The van der Waals surface area contributed by atoms with E-state index in [1.807, 2.05) is 13.0 Å². The van der Waals surface area contributed by atoms with Crippen LogP contribution in [0.25, 0.3) is 5.69 Å². The van der Waals surface area contributed by atoms with Gasteiger partial charge in [-0.15, -0.1) is 5.10 Å². The number of aromatic nitrogens is 3. The molecule has 31 heavy (non-hydrogen) atoms. The fraction of sp³-hybridized carbons (Fsp3) is 0.391. The highest BCUT2D eigenvalue weighted by Crippen LogP contribution is 2.29. The summed E-state index contributed by atoms with van der Waals surface area (Å²) in [6, 6.07) is 9.49. The number of aliphatic hydroxyl groups is 1. The maximum absolute atomic E-state index is 13.5. The minimum atomic E-state index is -0.663. The largest absolute Gasteiger partial charge is 0.396 e. The first kappa shape index (κ1) is 21.2. The van der Waals surface area contributed by atoms with E-state index < -0.39 is 11.6 Å². The fourth-order valence-corrected chi connectivity index (χ4v) is 4.12. The first-order valence-electron chi connectivity index (χ1n) is 10.6. The molecule has 0 radical (unpaired) electrons. The van der Waals surface area contributed by atoms with Crippen molar-refractivity contribution in [2.75, 3.05) is 29.9 Å². The fourth-order valence-electron chi connectivity index (χ4n) is 4.12. The molecule has 0 bridgehead atoms. The van der Waals surface area contributed by atoms with Crippen molar-refractivity contribution in [2.45, 2.75) is 32.6 Å². The van der Waals surface area contributed by atoms with Crippen LogP contribution in [-0.2, 0) is 0 Å². The third-order valence-electron chi connectivity index (χ3n) is 5.67. The highest BCUT2D eigenvalue weighted by Gasteiger charge is 2.19. The number of nitrogens with zero attached hydrogens (tertiary/aromatic N) is 4. The Morgan fingerprint density at radius 1 is 1.03 bits per heavy atom. The Kier molecular flexibility index (Phi) is 6.46. The third kappa shape index (κ3) is 5.38. The molecule has 0 atom stereocenters. The summed E-state index contributed by atoms with van der Waals surface area (Å²) < 4.78 is 28.3. The normalized spacial score (nSPS) is 14.8. The van der Waals surface area contributed by atoms with E-state index in [-0.39, 0.29) is 12.3 Å². The maximum Gasteiger partial charge on any atom is 0.246 e. The Balaban J connectivity index is 1.45. The molecule has 1 fully saturated rings. The van der Waals surface area contributed by atoms with Crippen LogP contribution in [0.15, 0.2) is 42.7 Å². The van der Waals surface area contributed by atoms with Crippen LogP contribution in [0.1, 0.15) is 31.2 Å². The van der Waals surface area contributed by atoms with Crippen molar-refractivity contribution < 1.29 is 13.9 Å². The number of piperidine rings is 1. The van der Waals surface area contributed by atoms with Crippen LogP contribution in [0.5, 0.6) is 0 Å². The van der Waals surface area contributed by atoms with Gasteiger partial charge in [0.25, 0.3) is 0 Å². The Hall–Kier alpha value is -3.00. The zero-order valence-electron chi connectivity index (χ0n) is 17.6. The molecule has 2 heterocycles. The van der Waals surface area contributed by atoms with Gasteiger partial charge >= 0.3 is 0 Å². The van der Waals surface area contributed by atoms with E-state index in [0.717, 1.165) is 61.8 Å². The van der Waals surface area contributed by atoms with Crippen LogP contribution in [0.4, 0.5) is 26.1 Å². The molecule has 0 saturated carbocycles. The van der Waals surface area contributed by atoms with E-state index >= 15 is 0 Å². The van der Waals surface area contributed by atoms with Crippen molar-refractivity contribution >= 4 is 17.3 Å². The second-order valence-electron chi connectivity index (χ2n) is 8.12. The molecule has 164 valence electrons. The summed E-state index contributed by atoms with van der Waals surface area (Å²) in [6.07, 6.45) is 5.66. The standard InChI is InChI=1S/C23H27F2N5O/c1-16-9-20(14-21(10-16)29-6-4-17(5-7-29)3-2-8-31)27-23-26-15-30(28-23)22-12-18(24)11-19(25)13-22/h9-15,17,31H,2-8H2,1H3,(H,27,28). The van der Waals surface area contributed by atoms with Crippen LogP contribution < -0.4 is 10.2 Å². The van der Waals surface area contributed by atoms with Crippen molar-refractivity contribution in [3.8, 4) is 5.69 Å². The van der Waals surface area contributed by atoms with Gasteiger partial charge < -0.3 is 15.3 Å². The zero-order valence-corrected chi connectivity index (χ0v) is 17.6. The smallest absolute Gasteiger partial charge is 0.246 e. The second kappa shape index (κ2) is 9.43. The molecule has 6 nitrogen and oxygen atoms in total.